The molecular weight excluding hydrogens is 246 g/mol. The van der Waals surface area contributed by atoms with E-state index in [0.717, 1.165) is 0 Å². The molecule has 0 bridgehead atoms. The Kier molecular flexibility index (Phi) is 3.07. The van der Waals surface area contributed by atoms with Crippen LogP contribution >= 0.6 is 22.7 Å². The Balaban J connectivity index is 2.09. The van der Waals surface area contributed by atoms with Crippen molar-refractivity contribution in [3.05, 3.63) is 27.7 Å². The van der Waals surface area contributed by atoms with Crippen LogP contribution in [-0.4, -0.2) is 21.7 Å². The average Bonchev–Trinajstić information content (AvgIpc) is 2.87. The molecule has 1 amide bonds. The van der Waals surface area contributed by atoms with E-state index in [9.17, 15) is 9.59 Å². The van der Waals surface area contributed by atoms with Gasteiger partial charge in [-0.3, -0.25) is 14.9 Å². The molecule has 82 valence electrons. The van der Waals surface area contributed by atoms with E-state index in [2.05, 4.69) is 15.3 Å². The highest BCUT2D eigenvalue weighted by Crippen LogP contribution is 2.16. The Hall–Kier alpha value is -1.60. The topological polar surface area (TPSA) is 72.0 Å². The molecule has 2 aromatic heterocycles. The molecule has 0 aromatic carbocycles. The summed E-state index contributed by atoms with van der Waals surface area (Å²) < 4.78 is 0. The lowest BCUT2D eigenvalue weighted by molar-refractivity contribution is 0.100. The van der Waals surface area contributed by atoms with Gasteiger partial charge >= 0.3 is 0 Å². The van der Waals surface area contributed by atoms with Crippen LogP contribution in [0.15, 0.2) is 16.3 Å². The van der Waals surface area contributed by atoms with Crippen LogP contribution < -0.4 is 5.32 Å². The molecule has 0 radical (unpaired) electrons. The van der Waals surface area contributed by atoms with Gasteiger partial charge in [-0.15, -0.1) is 22.7 Å². The molecule has 1 N–H and O–H groups in total. The van der Waals surface area contributed by atoms with Crippen molar-refractivity contribution in [3.8, 4) is 0 Å². The summed E-state index contributed by atoms with van der Waals surface area (Å²) in [4.78, 5) is 30.4. The Morgan fingerprint density at radius 1 is 1.31 bits per heavy atom. The maximum atomic E-state index is 11.6. The summed E-state index contributed by atoms with van der Waals surface area (Å²) in [5, 5.41) is 6.24. The first-order valence-corrected chi connectivity index (χ1v) is 6.15. The fraction of sp³-hybridized carbons (Fsp3) is 0.111. The maximum Gasteiger partial charge on any atom is 0.276 e. The third-order valence-electron chi connectivity index (χ3n) is 1.75. The normalized spacial score (nSPS) is 10.1. The number of ketones is 1. The molecule has 2 rings (SSSR count). The zero-order chi connectivity index (χ0) is 11.5. The number of aromatic nitrogens is 2. The molecule has 16 heavy (non-hydrogen) atoms. The average molecular weight is 253 g/mol. The highest BCUT2D eigenvalue weighted by molar-refractivity contribution is 7.14. The van der Waals surface area contributed by atoms with Gasteiger partial charge in [-0.25, -0.2) is 9.97 Å². The van der Waals surface area contributed by atoms with E-state index in [0.29, 0.717) is 16.5 Å². The van der Waals surface area contributed by atoms with Crippen LogP contribution in [-0.2, 0) is 0 Å². The molecular formula is C9H7N3O2S2. The van der Waals surface area contributed by atoms with Crippen LogP contribution in [0.25, 0.3) is 0 Å². The number of amides is 1. The molecule has 0 unspecified atom stereocenters. The number of hydrogen-bond acceptors (Lipinski definition) is 6. The predicted molar refractivity (Wildman–Crippen MR) is 62.2 cm³/mol. The van der Waals surface area contributed by atoms with Crippen molar-refractivity contribution in [1.82, 2.24) is 9.97 Å². The van der Waals surface area contributed by atoms with E-state index in [1.165, 1.54) is 29.6 Å². The van der Waals surface area contributed by atoms with Crippen LogP contribution in [0.2, 0.25) is 0 Å². The maximum absolute atomic E-state index is 11.6. The van der Waals surface area contributed by atoms with Gasteiger partial charge in [-0.05, 0) is 0 Å². The first-order chi connectivity index (χ1) is 7.66. The first-order valence-electron chi connectivity index (χ1n) is 4.33. The van der Waals surface area contributed by atoms with Gasteiger partial charge in [0, 0.05) is 17.7 Å². The van der Waals surface area contributed by atoms with E-state index in [1.807, 2.05) is 0 Å². The molecule has 2 heterocycles. The number of hydrogen-bond donors (Lipinski definition) is 1. The van der Waals surface area contributed by atoms with E-state index in [1.54, 1.807) is 16.3 Å². The largest absolute Gasteiger partial charge is 0.296 e. The van der Waals surface area contributed by atoms with Gasteiger partial charge in [-0.1, -0.05) is 0 Å². The lowest BCUT2D eigenvalue weighted by atomic mass is 10.4. The molecule has 0 aliphatic heterocycles. The number of nitrogens with one attached hydrogen (secondary N) is 1. The van der Waals surface area contributed by atoms with Crippen LogP contribution in [0.4, 0.5) is 5.13 Å². The second-order valence-corrected chi connectivity index (χ2v) is 4.50. The van der Waals surface area contributed by atoms with Gasteiger partial charge in [0.05, 0.1) is 5.51 Å². The summed E-state index contributed by atoms with van der Waals surface area (Å²) >= 11 is 2.56. The third kappa shape index (κ3) is 2.31. The fourth-order valence-corrected chi connectivity index (χ4v) is 2.26. The van der Waals surface area contributed by atoms with Crippen LogP contribution in [0.5, 0.6) is 0 Å². The minimum Gasteiger partial charge on any atom is -0.296 e. The Labute approximate surface area is 99.2 Å². The lowest BCUT2D eigenvalue weighted by Gasteiger charge is -1.96. The molecule has 0 saturated carbocycles. The molecule has 0 fully saturated rings. The predicted octanol–water partition coefficient (Wildman–Crippen LogP) is 2.05. The molecule has 2 aromatic rings. The number of thiazole rings is 2. The molecule has 0 spiro atoms. The molecule has 7 heteroatoms. The minimum absolute atomic E-state index is 0.120. The number of carbonyl (C=O) groups excluding carboxylic acids is 2. The zero-order valence-corrected chi connectivity index (χ0v) is 9.89. The quantitative estimate of drug-likeness (QED) is 0.850. The standard InChI is InChI=1S/C9H7N3O2S2/c1-5(13)6-3-16-9(11-6)12-8(14)7-2-15-4-10-7/h2-4H,1H3,(H,11,12,14). The summed E-state index contributed by atoms with van der Waals surface area (Å²) in [6.45, 7) is 1.43. The number of nitrogens with zero attached hydrogens (tertiary/aromatic N) is 2. The third-order valence-corrected chi connectivity index (χ3v) is 3.09. The summed E-state index contributed by atoms with van der Waals surface area (Å²) in [6.07, 6.45) is 0. The summed E-state index contributed by atoms with van der Waals surface area (Å²) in [5.74, 6) is -0.434. The number of anilines is 1. The van der Waals surface area contributed by atoms with Crippen LogP contribution in [0.1, 0.15) is 27.9 Å². The number of Topliss-reactive ketones (excluding diaryl/α,β-unsaturated/α-hetero) is 1. The van der Waals surface area contributed by atoms with Crippen LogP contribution in [0, 0.1) is 0 Å². The van der Waals surface area contributed by atoms with Gasteiger partial charge in [-0.2, -0.15) is 0 Å². The Bertz CT molecular complexity index is 519. The van der Waals surface area contributed by atoms with E-state index in [-0.39, 0.29) is 11.7 Å². The Morgan fingerprint density at radius 3 is 2.69 bits per heavy atom. The van der Waals surface area contributed by atoms with Gasteiger partial charge in [0.25, 0.3) is 5.91 Å². The second kappa shape index (κ2) is 4.50. The van der Waals surface area contributed by atoms with E-state index >= 15 is 0 Å². The van der Waals surface area contributed by atoms with Gasteiger partial charge in [0.15, 0.2) is 10.9 Å². The highest BCUT2D eigenvalue weighted by atomic mass is 32.1. The molecule has 0 atom stereocenters. The van der Waals surface area contributed by atoms with Crippen LogP contribution in [0.3, 0.4) is 0 Å². The molecule has 0 aliphatic rings. The van der Waals surface area contributed by atoms with Crippen molar-refractivity contribution in [3.63, 3.8) is 0 Å². The molecule has 0 saturated heterocycles. The summed E-state index contributed by atoms with van der Waals surface area (Å²) in [7, 11) is 0. The zero-order valence-electron chi connectivity index (χ0n) is 8.26. The second-order valence-electron chi connectivity index (χ2n) is 2.92. The smallest absolute Gasteiger partial charge is 0.276 e. The van der Waals surface area contributed by atoms with E-state index in [4.69, 9.17) is 0 Å². The van der Waals surface area contributed by atoms with Gasteiger partial charge < -0.3 is 0 Å². The van der Waals surface area contributed by atoms with E-state index < -0.39 is 0 Å². The van der Waals surface area contributed by atoms with Crippen molar-refractivity contribution < 1.29 is 9.59 Å². The minimum atomic E-state index is -0.314. The van der Waals surface area contributed by atoms with Crippen molar-refractivity contribution in [2.45, 2.75) is 6.92 Å². The Morgan fingerprint density at radius 2 is 2.12 bits per heavy atom. The SMILES string of the molecule is CC(=O)c1csc(NC(=O)c2cscn2)n1. The number of rotatable bonds is 3. The number of carbonyl (C=O) groups is 2. The monoisotopic (exact) mass is 253 g/mol. The fourth-order valence-electron chi connectivity index (χ4n) is 0.979. The summed E-state index contributed by atoms with van der Waals surface area (Å²) in [6, 6.07) is 0. The van der Waals surface area contributed by atoms with Crippen molar-refractivity contribution in [2.75, 3.05) is 5.32 Å². The van der Waals surface area contributed by atoms with Gasteiger partial charge in [0.1, 0.15) is 11.4 Å². The lowest BCUT2D eigenvalue weighted by Crippen LogP contribution is -2.12. The van der Waals surface area contributed by atoms with Crippen molar-refractivity contribution >= 4 is 39.5 Å². The van der Waals surface area contributed by atoms with Crippen molar-refractivity contribution in [1.29, 1.82) is 0 Å². The summed E-state index contributed by atoms with van der Waals surface area (Å²) in [5.41, 5.74) is 2.29. The van der Waals surface area contributed by atoms with Gasteiger partial charge in [0.2, 0.25) is 0 Å². The van der Waals surface area contributed by atoms with Crippen molar-refractivity contribution in [2.24, 2.45) is 0 Å². The molecule has 0 aliphatic carbocycles. The first kappa shape index (κ1) is 10.9. The highest BCUT2D eigenvalue weighted by Gasteiger charge is 2.11. The molecule has 5 nitrogen and oxygen atoms in total.